The van der Waals surface area contributed by atoms with Crippen molar-refractivity contribution >= 4 is 53.4 Å². The van der Waals surface area contributed by atoms with Gasteiger partial charge in [-0.05, 0) is 70.0 Å². The number of rotatable bonds is 3. The number of aromatic nitrogens is 1. The fourth-order valence-electron chi connectivity index (χ4n) is 5.10. The molecule has 34 heavy (non-hydrogen) atoms. The smallest absolute Gasteiger partial charge is 0.154 e. The van der Waals surface area contributed by atoms with Gasteiger partial charge in [-0.1, -0.05) is 65.0 Å². The van der Waals surface area contributed by atoms with Crippen molar-refractivity contribution in [2.24, 2.45) is 5.92 Å². The fraction of sp³-hybridized carbons (Fsp3) is 0.258. The topological polar surface area (TPSA) is 26.0 Å². The quantitative estimate of drug-likeness (QED) is 0.261. The highest BCUT2D eigenvalue weighted by molar-refractivity contribution is 7.27. The molecule has 0 unspecified atom stereocenters. The van der Waals surface area contributed by atoms with Crippen molar-refractivity contribution in [1.29, 1.82) is 0 Å². The van der Waals surface area contributed by atoms with Gasteiger partial charge < -0.3 is 4.42 Å². The molecule has 0 aliphatic carbocycles. The summed E-state index contributed by atoms with van der Waals surface area (Å²) < 4.78 is 8.86. The molecule has 0 radical (unpaired) electrons. The summed E-state index contributed by atoms with van der Waals surface area (Å²) in [5.41, 5.74) is 6.90. The molecular formula is C31H29NOS. The van der Waals surface area contributed by atoms with Gasteiger partial charge in [-0.2, -0.15) is 0 Å². The molecule has 0 N–H and O–H groups in total. The van der Waals surface area contributed by atoms with Crippen molar-refractivity contribution in [3.63, 3.8) is 0 Å². The molecule has 3 aromatic heterocycles. The molecule has 0 aliphatic rings. The van der Waals surface area contributed by atoms with Crippen LogP contribution in [0.5, 0.6) is 0 Å². The number of furan rings is 1. The Bertz CT molecular complexity index is 1690. The van der Waals surface area contributed by atoms with Gasteiger partial charge >= 0.3 is 0 Å². The summed E-state index contributed by atoms with van der Waals surface area (Å²) in [5, 5.41) is 4.92. The second kappa shape index (κ2) is 7.68. The molecule has 170 valence electrons. The number of pyridine rings is 1. The first-order chi connectivity index (χ1) is 16.3. The van der Waals surface area contributed by atoms with Gasteiger partial charge in [0.2, 0.25) is 0 Å². The van der Waals surface area contributed by atoms with Crippen molar-refractivity contribution in [1.82, 2.24) is 4.98 Å². The average molecular weight is 464 g/mol. The van der Waals surface area contributed by atoms with Crippen LogP contribution in [-0.4, -0.2) is 4.98 Å². The zero-order chi connectivity index (χ0) is 23.6. The van der Waals surface area contributed by atoms with Gasteiger partial charge in [0.25, 0.3) is 0 Å². The van der Waals surface area contributed by atoms with E-state index in [1.807, 2.05) is 6.20 Å². The third kappa shape index (κ3) is 3.42. The van der Waals surface area contributed by atoms with Gasteiger partial charge in [0, 0.05) is 22.5 Å². The second-order valence-corrected chi connectivity index (χ2v) is 11.8. The standard InChI is InChI=1S/C31H29NOS/c1-18(2)14-19-10-11-23-26(15-19)33-28-24-12-13-32-27(29(24)34-30(23)28)21-16-20-8-6-7-9-22(20)25(17-21)31(3,4)5/h6-13,15-18H,14H2,1-5H3. The highest BCUT2D eigenvalue weighted by Gasteiger charge is 2.21. The normalized spacial score (nSPS) is 12.6. The Labute approximate surface area is 204 Å². The molecule has 0 spiro atoms. The van der Waals surface area contributed by atoms with Gasteiger partial charge in [0.05, 0.1) is 15.1 Å². The first-order valence-corrected chi connectivity index (χ1v) is 12.9. The highest BCUT2D eigenvalue weighted by Crippen LogP contribution is 2.45. The first-order valence-electron chi connectivity index (χ1n) is 12.1. The summed E-state index contributed by atoms with van der Waals surface area (Å²) in [6, 6.07) is 22.1. The SMILES string of the molecule is CC(C)Cc1ccc2c(c1)oc1c3ccnc(-c4cc(C(C)(C)C)c5ccccc5c4)c3sc21. The van der Waals surface area contributed by atoms with Crippen LogP contribution in [0.4, 0.5) is 0 Å². The van der Waals surface area contributed by atoms with Gasteiger partial charge in [-0.3, -0.25) is 4.98 Å². The van der Waals surface area contributed by atoms with E-state index in [1.54, 1.807) is 11.3 Å². The van der Waals surface area contributed by atoms with E-state index < -0.39 is 0 Å². The summed E-state index contributed by atoms with van der Waals surface area (Å²) >= 11 is 1.80. The van der Waals surface area contributed by atoms with Crippen LogP contribution in [-0.2, 0) is 11.8 Å². The third-order valence-electron chi connectivity index (χ3n) is 6.65. The first kappa shape index (κ1) is 21.4. The fourth-order valence-corrected chi connectivity index (χ4v) is 6.37. The van der Waals surface area contributed by atoms with E-state index in [0.29, 0.717) is 5.92 Å². The van der Waals surface area contributed by atoms with Gasteiger partial charge in [-0.25, -0.2) is 0 Å². The number of benzene rings is 3. The van der Waals surface area contributed by atoms with E-state index >= 15 is 0 Å². The van der Waals surface area contributed by atoms with Crippen molar-refractivity contribution < 1.29 is 4.42 Å². The minimum Gasteiger partial charge on any atom is -0.454 e. The third-order valence-corrected chi connectivity index (χ3v) is 7.88. The molecule has 3 heteroatoms. The lowest BCUT2D eigenvalue weighted by Gasteiger charge is -2.22. The predicted octanol–water partition coefficient (Wildman–Crippen LogP) is 9.51. The lowest BCUT2D eigenvalue weighted by Crippen LogP contribution is -2.12. The number of hydrogen-bond acceptors (Lipinski definition) is 3. The lowest BCUT2D eigenvalue weighted by molar-refractivity contribution is 0.596. The second-order valence-electron chi connectivity index (χ2n) is 10.8. The number of hydrogen-bond donors (Lipinski definition) is 0. The van der Waals surface area contributed by atoms with Crippen LogP contribution in [0.1, 0.15) is 45.7 Å². The minimum atomic E-state index is 0.0382. The Morgan fingerprint density at radius 3 is 2.50 bits per heavy atom. The van der Waals surface area contributed by atoms with Crippen LogP contribution in [0, 0.1) is 5.92 Å². The van der Waals surface area contributed by atoms with Crippen molar-refractivity contribution in [2.75, 3.05) is 0 Å². The Hall–Kier alpha value is -3.17. The van der Waals surface area contributed by atoms with E-state index in [4.69, 9.17) is 9.40 Å². The molecular weight excluding hydrogens is 434 g/mol. The summed E-state index contributed by atoms with van der Waals surface area (Å²) in [4.78, 5) is 4.88. The molecule has 6 aromatic rings. The molecule has 3 aromatic carbocycles. The predicted molar refractivity (Wildman–Crippen MR) is 147 cm³/mol. The maximum atomic E-state index is 6.45. The lowest BCUT2D eigenvalue weighted by atomic mass is 9.82. The monoisotopic (exact) mass is 463 g/mol. The average Bonchev–Trinajstić information content (AvgIpc) is 3.33. The van der Waals surface area contributed by atoms with E-state index in [-0.39, 0.29) is 5.41 Å². The summed E-state index contributed by atoms with van der Waals surface area (Å²) in [5.74, 6) is 0.628. The molecule has 0 saturated carbocycles. The van der Waals surface area contributed by atoms with Crippen LogP contribution in [0.3, 0.4) is 0 Å². The van der Waals surface area contributed by atoms with E-state index in [9.17, 15) is 0 Å². The van der Waals surface area contributed by atoms with Crippen molar-refractivity contribution in [3.05, 3.63) is 78.0 Å². The van der Waals surface area contributed by atoms with Gasteiger partial charge in [0.1, 0.15) is 5.58 Å². The number of thiophene rings is 1. The van der Waals surface area contributed by atoms with Gasteiger partial charge in [0.15, 0.2) is 5.58 Å². The summed E-state index contributed by atoms with van der Waals surface area (Å²) in [6.45, 7) is 11.4. The van der Waals surface area contributed by atoms with E-state index in [2.05, 4.69) is 95.3 Å². The molecule has 0 atom stereocenters. The maximum absolute atomic E-state index is 6.45. The Kier molecular flexibility index (Phi) is 4.82. The Morgan fingerprint density at radius 2 is 1.71 bits per heavy atom. The maximum Gasteiger partial charge on any atom is 0.154 e. The van der Waals surface area contributed by atoms with E-state index in [1.165, 1.54) is 42.2 Å². The molecule has 0 aliphatic heterocycles. The largest absolute Gasteiger partial charge is 0.454 e. The molecule has 6 rings (SSSR count). The molecule has 0 bridgehead atoms. The molecule has 2 nitrogen and oxygen atoms in total. The van der Waals surface area contributed by atoms with Crippen LogP contribution < -0.4 is 0 Å². The highest BCUT2D eigenvalue weighted by atomic mass is 32.1. The molecule has 0 amide bonds. The zero-order valence-corrected chi connectivity index (χ0v) is 21.2. The van der Waals surface area contributed by atoms with Crippen molar-refractivity contribution in [2.45, 2.75) is 46.5 Å². The summed E-state index contributed by atoms with van der Waals surface area (Å²) in [6.07, 6.45) is 2.99. The summed E-state index contributed by atoms with van der Waals surface area (Å²) in [7, 11) is 0. The molecule has 0 fully saturated rings. The number of fused-ring (bicyclic) bond motifs is 6. The van der Waals surface area contributed by atoms with Crippen LogP contribution in [0.15, 0.2) is 71.3 Å². The van der Waals surface area contributed by atoms with E-state index in [0.717, 1.165) is 28.7 Å². The minimum absolute atomic E-state index is 0.0382. The van der Waals surface area contributed by atoms with Crippen LogP contribution in [0.25, 0.3) is 53.4 Å². The van der Waals surface area contributed by atoms with Crippen LogP contribution >= 0.6 is 11.3 Å². The Balaban J connectivity index is 1.59. The Morgan fingerprint density at radius 1 is 0.882 bits per heavy atom. The number of nitrogens with zero attached hydrogens (tertiary/aromatic N) is 1. The zero-order valence-electron chi connectivity index (χ0n) is 20.4. The van der Waals surface area contributed by atoms with Gasteiger partial charge in [-0.15, -0.1) is 11.3 Å². The van der Waals surface area contributed by atoms with Crippen LogP contribution in [0.2, 0.25) is 0 Å². The molecule has 3 heterocycles. The molecule has 0 saturated heterocycles. The van der Waals surface area contributed by atoms with Crippen molar-refractivity contribution in [3.8, 4) is 11.3 Å².